The van der Waals surface area contributed by atoms with Gasteiger partial charge in [0.05, 0.1) is 0 Å². The van der Waals surface area contributed by atoms with E-state index >= 15 is 0 Å². The number of carbonyl (C=O) groups is 1. The molecule has 0 spiro atoms. The molecule has 1 amide bonds. The van der Waals surface area contributed by atoms with E-state index in [1.165, 1.54) is 0 Å². The number of likely N-dealkylation sites (tertiary alicyclic amines) is 1. The molecule has 0 saturated carbocycles. The number of nitrogens with zero attached hydrogens (tertiary/aromatic N) is 3. The summed E-state index contributed by atoms with van der Waals surface area (Å²) in [6, 6.07) is 4.23. The number of amides is 1. The van der Waals surface area contributed by atoms with Gasteiger partial charge in [-0.3, -0.25) is 4.79 Å². The van der Waals surface area contributed by atoms with Crippen molar-refractivity contribution in [2.24, 2.45) is 5.92 Å². The van der Waals surface area contributed by atoms with Crippen LogP contribution in [0.5, 0.6) is 0 Å². The highest BCUT2D eigenvalue weighted by molar-refractivity contribution is 9.10. The molecule has 21 heavy (non-hydrogen) atoms. The minimum Gasteiger partial charge on any atom is -0.337 e. The van der Waals surface area contributed by atoms with Crippen molar-refractivity contribution >= 4 is 21.8 Å². The molecule has 0 aliphatic carbocycles. The van der Waals surface area contributed by atoms with E-state index in [4.69, 9.17) is 0 Å². The molecule has 0 unspecified atom stereocenters. The van der Waals surface area contributed by atoms with Crippen LogP contribution in [-0.2, 0) is 0 Å². The summed E-state index contributed by atoms with van der Waals surface area (Å²) < 4.78 is 0.898. The Balaban J connectivity index is 1.86. The normalized spacial score (nSPS) is 16.8. The summed E-state index contributed by atoms with van der Waals surface area (Å²) in [5, 5.41) is 0. The Morgan fingerprint density at radius 3 is 2.62 bits per heavy atom. The van der Waals surface area contributed by atoms with Crippen LogP contribution in [-0.4, -0.2) is 53.4 Å². The molecule has 2 rings (SSSR count). The van der Waals surface area contributed by atoms with E-state index in [1.54, 1.807) is 12.3 Å². The predicted molar refractivity (Wildman–Crippen MR) is 88.3 cm³/mol. The van der Waals surface area contributed by atoms with Gasteiger partial charge in [-0.15, -0.1) is 0 Å². The summed E-state index contributed by atoms with van der Waals surface area (Å²) >= 11 is 3.34. The second kappa shape index (κ2) is 7.36. The minimum atomic E-state index is 0.0539. The average molecular weight is 354 g/mol. The molecule has 1 aliphatic heterocycles. The molecule has 1 fully saturated rings. The van der Waals surface area contributed by atoms with Crippen molar-refractivity contribution in [3.05, 3.63) is 28.5 Å². The Kier molecular flexibility index (Phi) is 5.76. The third kappa shape index (κ3) is 4.51. The molecule has 0 N–H and O–H groups in total. The fraction of sp³-hybridized carbons (Fsp3) is 0.625. The second-order valence-corrected chi connectivity index (χ2v) is 7.05. The van der Waals surface area contributed by atoms with Crippen LogP contribution in [0, 0.1) is 5.92 Å². The molecule has 0 aromatic carbocycles. The quantitative estimate of drug-likeness (QED) is 0.834. The number of piperidine rings is 1. The number of pyridine rings is 1. The standard InChI is InChI=1S/C16H24BrN3O/c1-12(2)19(3)11-13-6-8-20(9-7-13)16(21)15-5-4-14(17)10-18-15/h4-5,10,12-13H,6-9,11H2,1-3H3. The fourth-order valence-corrected chi connectivity index (χ4v) is 2.84. The molecular formula is C16H24BrN3O. The smallest absolute Gasteiger partial charge is 0.272 e. The van der Waals surface area contributed by atoms with Crippen LogP contribution in [0.1, 0.15) is 37.2 Å². The largest absolute Gasteiger partial charge is 0.337 e. The summed E-state index contributed by atoms with van der Waals surface area (Å²) in [6.07, 6.45) is 3.84. The summed E-state index contributed by atoms with van der Waals surface area (Å²) in [7, 11) is 2.17. The van der Waals surface area contributed by atoms with Gasteiger partial charge in [0.15, 0.2) is 0 Å². The van der Waals surface area contributed by atoms with Gasteiger partial charge in [-0.25, -0.2) is 4.98 Å². The number of hydrogen-bond acceptors (Lipinski definition) is 3. The van der Waals surface area contributed by atoms with Gasteiger partial charge in [0.2, 0.25) is 0 Å². The van der Waals surface area contributed by atoms with Crippen LogP contribution < -0.4 is 0 Å². The third-order valence-corrected chi connectivity index (χ3v) is 4.75. The molecule has 2 heterocycles. The van der Waals surface area contributed by atoms with Gasteiger partial charge >= 0.3 is 0 Å². The first kappa shape index (κ1) is 16.4. The topological polar surface area (TPSA) is 36.4 Å². The van der Waals surface area contributed by atoms with Gasteiger partial charge in [-0.1, -0.05) is 0 Å². The zero-order valence-electron chi connectivity index (χ0n) is 13.1. The van der Waals surface area contributed by atoms with Crippen molar-refractivity contribution in [2.75, 3.05) is 26.7 Å². The zero-order valence-corrected chi connectivity index (χ0v) is 14.6. The first-order valence-electron chi connectivity index (χ1n) is 7.58. The molecule has 1 saturated heterocycles. The van der Waals surface area contributed by atoms with Crippen molar-refractivity contribution < 1.29 is 4.79 Å². The maximum Gasteiger partial charge on any atom is 0.272 e. The van der Waals surface area contributed by atoms with Crippen molar-refractivity contribution in [1.82, 2.24) is 14.8 Å². The lowest BCUT2D eigenvalue weighted by atomic mass is 9.95. The summed E-state index contributed by atoms with van der Waals surface area (Å²) in [4.78, 5) is 20.9. The molecule has 1 aromatic heterocycles. The molecule has 0 bridgehead atoms. The van der Waals surface area contributed by atoms with Gasteiger partial charge in [0.25, 0.3) is 5.91 Å². The van der Waals surface area contributed by atoms with E-state index in [0.717, 1.165) is 36.9 Å². The monoisotopic (exact) mass is 353 g/mol. The summed E-state index contributed by atoms with van der Waals surface area (Å²) in [5.74, 6) is 0.748. The highest BCUT2D eigenvalue weighted by Crippen LogP contribution is 2.20. The Hall–Kier alpha value is -0.940. The number of aromatic nitrogens is 1. The van der Waals surface area contributed by atoms with Gasteiger partial charge in [0.1, 0.15) is 5.69 Å². The molecule has 116 valence electrons. The van der Waals surface area contributed by atoms with Crippen LogP contribution in [0.2, 0.25) is 0 Å². The maximum atomic E-state index is 12.4. The molecule has 4 nitrogen and oxygen atoms in total. The van der Waals surface area contributed by atoms with E-state index in [2.05, 4.69) is 46.7 Å². The van der Waals surface area contributed by atoms with E-state index in [0.29, 0.717) is 17.7 Å². The lowest BCUT2D eigenvalue weighted by Crippen LogP contribution is -2.42. The molecule has 1 aliphatic rings. The Morgan fingerprint density at radius 1 is 1.43 bits per heavy atom. The lowest BCUT2D eigenvalue weighted by Gasteiger charge is -2.34. The van der Waals surface area contributed by atoms with Crippen molar-refractivity contribution in [2.45, 2.75) is 32.7 Å². The lowest BCUT2D eigenvalue weighted by molar-refractivity contribution is 0.0660. The summed E-state index contributed by atoms with van der Waals surface area (Å²) in [5.41, 5.74) is 0.538. The highest BCUT2D eigenvalue weighted by atomic mass is 79.9. The Bertz CT molecular complexity index is 467. The van der Waals surface area contributed by atoms with Crippen molar-refractivity contribution in [3.63, 3.8) is 0 Å². The van der Waals surface area contributed by atoms with E-state index in [-0.39, 0.29) is 5.91 Å². The number of halogens is 1. The van der Waals surface area contributed by atoms with Crippen LogP contribution >= 0.6 is 15.9 Å². The predicted octanol–water partition coefficient (Wildman–Crippen LogP) is 3.04. The van der Waals surface area contributed by atoms with Crippen molar-refractivity contribution in [3.8, 4) is 0 Å². The Morgan fingerprint density at radius 2 is 2.10 bits per heavy atom. The van der Waals surface area contributed by atoms with Crippen LogP contribution in [0.15, 0.2) is 22.8 Å². The van der Waals surface area contributed by atoms with Gasteiger partial charge < -0.3 is 9.80 Å². The minimum absolute atomic E-state index is 0.0539. The van der Waals surface area contributed by atoms with Crippen molar-refractivity contribution in [1.29, 1.82) is 0 Å². The number of carbonyl (C=O) groups excluding carboxylic acids is 1. The maximum absolute atomic E-state index is 12.4. The first-order valence-corrected chi connectivity index (χ1v) is 8.37. The van der Waals surface area contributed by atoms with Crippen LogP contribution in [0.3, 0.4) is 0 Å². The fourth-order valence-electron chi connectivity index (χ4n) is 2.60. The Labute approximate surface area is 135 Å². The highest BCUT2D eigenvalue weighted by Gasteiger charge is 2.25. The molecule has 0 radical (unpaired) electrons. The van der Waals surface area contributed by atoms with Crippen LogP contribution in [0.25, 0.3) is 0 Å². The molecule has 1 aromatic rings. The molecular weight excluding hydrogens is 330 g/mol. The zero-order chi connectivity index (χ0) is 15.4. The van der Waals surface area contributed by atoms with Gasteiger partial charge in [-0.2, -0.15) is 0 Å². The van der Waals surface area contributed by atoms with Gasteiger partial charge in [-0.05, 0) is 67.7 Å². The van der Waals surface area contributed by atoms with Crippen LogP contribution in [0.4, 0.5) is 0 Å². The SMILES string of the molecule is CC(C)N(C)CC1CCN(C(=O)c2ccc(Br)cn2)CC1. The first-order chi connectivity index (χ1) is 9.97. The van der Waals surface area contributed by atoms with Gasteiger partial charge in [0, 0.05) is 36.3 Å². The number of hydrogen-bond donors (Lipinski definition) is 0. The average Bonchev–Trinajstić information content (AvgIpc) is 2.48. The second-order valence-electron chi connectivity index (χ2n) is 6.13. The third-order valence-electron chi connectivity index (χ3n) is 4.28. The molecule has 5 heteroatoms. The summed E-state index contributed by atoms with van der Waals surface area (Å²) in [6.45, 7) is 7.24. The molecule has 0 atom stereocenters. The van der Waals surface area contributed by atoms with E-state index in [9.17, 15) is 4.79 Å². The van der Waals surface area contributed by atoms with E-state index in [1.807, 2.05) is 11.0 Å². The number of rotatable bonds is 4. The van der Waals surface area contributed by atoms with E-state index < -0.39 is 0 Å².